The Balaban J connectivity index is 2.14. The van der Waals surface area contributed by atoms with Crippen LogP contribution in [-0.4, -0.2) is 9.78 Å². The van der Waals surface area contributed by atoms with E-state index in [1.54, 1.807) is 24.0 Å². The van der Waals surface area contributed by atoms with Gasteiger partial charge in [-0.2, -0.15) is 5.10 Å². The predicted octanol–water partition coefficient (Wildman–Crippen LogP) is 2.45. The average Bonchev–Trinajstić information content (AvgIpc) is 2.67. The lowest BCUT2D eigenvalue weighted by molar-refractivity contribution is 0.497. The molecule has 0 fully saturated rings. The van der Waals surface area contributed by atoms with Gasteiger partial charge in [-0.15, -0.1) is 0 Å². The van der Waals surface area contributed by atoms with Gasteiger partial charge in [0, 0.05) is 25.4 Å². The van der Waals surface area contributed by atoms with Crippen molar-refractivity contribution in [3.05, 3.63) is 47.5 Å². The first kappa shape index (κ1) is 11.5. The Morgan fingerprint density at radius 2 is 2.06 bits per heavy atom. The molecule has 0 radical (unpaired) electrons. The highest BCUT2D eigenvalue weighted by Gasteiger charge is 2.10. The van der Waals surface area contributed by atoms with Gasteiger partial charge in [0.2, 0.25) is 0 Å². The molecule has 3 nitrogen and oxygen atoms in total. The second-order valence-electron chi connectivity index (χ2n) is 3.58. The Morgan fingerprint density at radius 3 is 2.71 bits per heavy atom. The fourth-order valence-electron chi connectivity index (χ4n) is 1.43. The van der Waals surface area contributed by atoms with E-state index in [1.807, 2.05) is 0 Å². The van der Waals surface area contributed by atoms with Gasteiger partial charge in [0.15, 0.2) is 11.6 Å². The van der Waals surface area contributed by atoms with Crippen molar-refractivity contribution in [3.8, 4) is 0 Å². The molecule has 1 aromatic heterocycles. The Labute approximate surface area is 95.9 Å². The summed E-state index contributed by atoms with van der Waals surface area (Å²) in [6.07, 6.45) is 1.72. The summed E-state index contributed by atoms with van der Waals surface area (Å²) >= 11 is 0. The van der Waals surface area contributed by atoms with Crippen LogP contribution in [0.3, 0.4) is 0 Å². The standard InChI is InChI=1S/C11H10F3N3/c1-17-3-2-8(16-17)6-15-10-5-7(12)4-9(13)11(10)14/h2-5,15H,6H2,1H3. The molecule has 0 unspecified atom stereocenters. The normalized spacial score (nSPS) is 10.6. The van der Waals surface area contributed by atoms with Gasteiger partial charge in [-0.05, 0) is 6.07 Å². The molecule has 0 bridgehead atoms. The van der Waals surface area contributed by atoms with Gasteiger partial charge >= 0.3 is 0 Å². The van der Waals surface area contributed by atoms with Crippen molar-refractivity contribution in [3.63, 3.8) is 0 Å². The fraction of sp³-hybridized carbons (Fsp3) is 0.182. The number of hydrogen-bond donors (Lipinski definition) is 1. The number of nitrogens with one attached hydrogen (secondary N) is 1. The van der Waals surface area contributed by atoms with E-state index in [0.717, 1.165) is 6.07 Å². The third-order valence-electron chi connectivity index (χ3n) is 2.22. The molecule has 0 atom stereocenters. The van der Waals surface area contributed by atoms with Crippen LogP contribution >= 0.6 is 0 Å². The summed E-state index contributed by atoms with van der Waals surface area (Å²) in [7, 11) is 1.74. The van der Waals surface area contributed by atoms with Gasteiger partial charge in [0.05, 0.1) is 17.9 Å². The minimum atomic E-state index is -1.21. The summed E-state index contributed by atoms with van der Waals surface area (Å²) < 4.78 is 40.6. The van der Waals surface area contributed by atoms with Crippen molar-refractivity contribution >= 4 is 5.69 Å². The van der Waals surface area contributed by atoms with Gasteiger partial charge in [0.25, 0.3) is 0 Å². The minimum Gasteiger partial charge on any atom is -0.377 e. The van der Waals surface area contributed by atoms with Crippen molar-refractivity contribution in [2.24, 2.45) is 7.05 Å². The SMILES string of the molecule is Cn1ccc(CNc2cc(F)cc(F)c2F)n1. The second-order valence-corrected chi connectivity index (χ2v) is 3.58. The highest BCUT2D eigenvalue weighted by molar-refractivity contribution is 5.45. The summed E-state index contributed by atoms with van der Waals surface area (Å²) in [6.45, 7) is 0.195. The topological polar surface area (TPSA) is 29.9 Å². The molecule has 0 aliphatic rings. The highest BCUT2D eigenvalue weighted by Crippen LogP contribution is 2.19. The van der Waals surface area contributed by atoms with E-state index in [9.17, 15) is 13.2 Å². The molecule has 1 N–H and O–H groups in total. The quantitative estimate of drug-likeness (QED) is 0.836. The van der Waals surface area contributed by atoms with Crippen LogP contribution in [0.5, 0.6) is 0 Å². The fourth-order valence-corrected chi connectivity index (χ4v) is 1.43. The Hall–Kier alpha value is -1.98. The lowest BCUT2D eigenvalue weighted by atomic mass is 10.2. The summed E-state index contributed by atoms with van der Waals surface area (Å²) in [5.41, 5.74) is 0.435. The molecule has 90 valence electrons. The van der Waals surface area contributed by atoms with E-state index < -0.39 is 17.5 Å². The van der Waals surface area contributed by atoms with Crippen LogP contribution in [0, 0.1) is 17.5 Å². The van der Waals surface area contributed by atoms with Crippen LogP contribution in [0.25, 0.3) is 0 Å². The molecular formula is C11H10F3N3. The van der Waals surface area contributed by atoms with Crippen LogP contribution < -0.4 is 5.32 Å². The molecular weight excluding hydrogens is 231 g/mol. The number of nitrogens with zero attached hydrogens (tertiary/aromatic N) is 2. The first-order chi connectivity index (χ1) is 8.06. The maximum Gasteiger partial charge on any atom is 0.182 e. The van der Waals surface area contributed by atoms with E-state index >= 15 is 0 Å². The maximum atomic E-state index is 13.3. The number of benzene rings is 1. The molecule has 17 heavy (non-hydrogen) atoms. The first-order valence-electron chi connectivity index (χ1n) is 4.93. The number of rotatable bonds is 3. The van der Waals surface area contributed by atoms with Crippen LogP contribution in [0.2, 0.25) is 0 Å². The molecule has 1 heterocycles. The molecule has 2 aromatic rings. The van der Waals surface area contributed by atoms with Gasteiger partial charge in [-0.25, -0.2) is 13.2 Å². The lowest BCUT2D eigenvalue weighted by Gasteiger charge is -2.06. The summed E-state index contributed by atoms with van der Waals surface area (Å²) in [4.78, 5) is 0. The molecule has 0 spiro atoms. The number of halogens is 3. The molecule has 0 saturated carbocycles. The smallest absolute Gasteiger partial charge is 0.182 e. The summed E-state index contributed by atoms with van der Waals surface area (Å²) in [5, 5.41) is 6.64. The monoisotopic (exact) mass is 241 g/mol. The number of hydrogen-bond acceptors (Lipinski definition) is 2. The van der Waals surface area contributed by atoms with Crippen LogP contribution in [-0.2, 0) is 13.6 Å². The first-order valence-corrected chi connectivity index (χ1v) is 4.93. The summed E-state index contributed by atoms with van der Waals surface area (Å²) in [5.74, 6) is -3.14. The van der Waals surface area contributed by atoms with Gasteiger partial charge in [-0.3, -0.25) is 4.68 Å². The van der Waals surface area contributed by atoms with Gasteiger partial charge < -0.3 is 5.32 Å². The molecule has 0 aliphatic heterocycles. The van der Waals surface area contributed by atoms with E-state index in [-0.39, 0.29) is 12.2 Å². The van der Waals surface area contributed by atoms with Crippen LogP contribution in [0.4, 0.5) is 18.9 Å². The third-order valence-corrected chi connectivity index (χ3v) is 2.22. The van der Waals surface area contributed by atoms with Gasteiger partial charge in [-0.1, -0.05) is 0 Å². The van der Waals surface area contributed by atoms with Crippen LogP contribution in [0.15, 0.2) is 24.4 Å². The van der Waals surface area contributed by atoms with Crippen molar-refractivity contribution in [1.82, 2.24) is 9.78 Å². The number of anilines is 1. The lowest BCUT2D eigenvalue weighted by Crippen LogP contribution is -2.04. The van der Waals surface area contributed by atoms with E-state index in [1.165, 1.54) is 0 Å². The molecule has 2 rings (SSSR count). The third kappa shape index (κ3) is 2.58. The van der Waals surface area contributed by atoms with Gasteiger partial charge in [0.1, 0.15) is 5.82 Å². The van der Waals surface area contributed by atoms with Crippen molar-refractivity contribution in [1.29, 1.82) is 0 Å². The highest BCUT2D eigenvalue weighted by atomic mass is 19.2. The largest absolute Gasteiger partial charge is 0.377 e. The summed E-state index contributed by atoms with van der Waals surface area (Å²) in [6, 6.07) is 3.13. The van der Waals surface area contributed by atoms with Crippen molar-refractivity contribution < 1.29 is 13.2 Å². The second kappa shape index (κ2) is 4.48. The molecule has 6 heteroatoms. The molecule has 0 aliphatic carbocycles. The van der Waals surface area contributed by atoms with E-state index in [2.05, 4.69) is 10.4 Å². The van der Waals surface area contributed by atoms with Crippen LogP contribution in [0.1, 0.15) is 5.69 Å². The zero-order valence-electron chi connectivity index (χ0n) is 9.04. The van der Waals surface area contributed by atoms with Crippen molar-refractivity contribution in [2.45, 2.75) is 6.54 Å². The van der Waals surface area contributed by atoms with E-state index in [0.29, 0.717) is 11.8 Å². The zero-order chi connectivity index (χ0) is 12.4. The van der Waals surface area contributed by atoms with Crippen molar-refractivity contribution in [2.75, 3.05) is 5.32 Å². The molecule has 0 saturated heterocycles. The zero-order valence-corrected chi connectivity index (χ0v) is 9.04. The maximum absolute atomic E-state index is 13.3. The molecule has 1 aromatic carbocycles. The Bertz CT molecular complexity index is 537. The average molecular weight is 241 g/mol. The Kier molecular flexibility index (Phi) is 3.03. The predicted molar refractivity (Wildman–Crippen MR) is 56.9 cm³/mol. The van der Waals surface area contributed by atoms with E-state index in [4.69, 9.17) is 0 Å². The Morgan fingerprint density at radius 1 is 1.29 bits per heavy atom. The number of aryl methyl sites for hydroxylation is 1. The minimum absolute atomic E-state index is 0.195. The number of aromatic nitrogens is 2. The molecule has 0 amide bonds.